The third-order valence-electron chi connectivity index (χ3n) is 3.42. The number of carbonyl (C=O) groups excluding carboxylic acids is 1. The molecule has 0 fully saturated rings. The van der Waals surface area contributed by atoms with E-state index in [4.69, 9.17) is 16.3 Å². The zero-order valence-corrected chi connectivity index (χ0v) is 14.5. The first-order valence-electron chi connectivity index (χ1n) is 7.29. The van der Waals surface area contributed by atoms with Crippen LogP contribution in [0.3, 0.4) is 0 Å². The molecule has 4 nitrogen and oxygen atoms in total. The zero-order chi connectivity index (χ0) is 16.9. The molecule has 0 saturated carbocycles. The maximum Gasteiger partial charge on any atom is 0.255 e. The molecule has 1 amide bonds. The van der Waals surface area contributed by atoms with Gasteiger partial charge in [-0.25, -0.2) is 4.98 Å². The number of benzene rings is 2. The predicted molar refractivity (Wildman–Crippen MR) is 97.0 cm³/mol. The molecule has 3 rings (SSSR count). The molecule has 1 N–H and O–H groups in total. The lowest BCUT2D eigenvalue weighted by molar-refractivity contribution is 0.102. The van der Waals surface area contributed by atoms with E-state index in [0.717, 1.165) is 16.9 Å². The number of aryl methyl sites for hydroxylation is 1. The Hall–Kier alpha value is -2.37. The normalized spacial score (nSPS) is 10.4. The van der Waals surface area contributed by atoms with Gasteiger partial charge in [-0.15, -0.1) is 11.3 Å². The molecule has 122 valence electrons. The van der Waals surface area contributed by atoms with Crippen LogP contribution in [0.25, 0.3) is 0 Å². The monoisotopic (exact) mass is 358 g/mol. The van der Waals surface area contributed by atoms with Crippen molar-refractivity contribution in [3.8, 4) is 5.75 Å². The Labute approximate surface area is 149 Å². The number of nitrogens with one attached hydrogen (secondary N) is 1. The summed E-state index contributed by atoms with van der Waals surface area (Å²) in [4.78, 5) is 16.5. The van der Waals surface area contributed by atoms with E-state index in [2.05, 4.69) is 10.3 Å². The lowest BCUT2D eigenvalue weighted by Crippen LogP contribution is -2.12. The summed E-state index contributed by atoms with van der Waals surface area (Å²) in [6.45, 7) is 2.32. The van der Waals surface area contributed by atoms with Gasteiger partial charge in [0.15, 0.2) is 0 Å². The zero-order valence-electron chi connectivity index (χ0n) is 13.0. The average molecular weight is 359 g/mol. The first-order chi connectivity index (χ1) is 11.6. The fourth-order valence-electron chi connectivity index (χ4n) is 2.13. The van der Waals surface area contributed by atoms with E-state index in [9.17, 15) is 4.79 Å². The maximum absolute atomic E-state index is 12.3. The van der Waals surface area contributed by atoms with E-state index in [1.807, 2.05) is 18.4 Å². The molecule has 24 heavy (non-hydrogen) atoms. The van der Waals surface area contributed by atoms with Crippen LogP contribution >= 0.6 is 22.9 Å². The quantitative estimate of drug-likeness (QED) is 0.703. The van der Waals surface area contributed by atoms with Crippen molar-refractivity contribution < 1.29 is 9.53 Å². The molecule has 0 unspecified atom stereocenters. The summed E-state index contributed by atoms with van der Waals surface area (Å²) in [7, 11) is 0. The van der Waals surface area contributed by atoms with Gasteiger partial charge in [0.25, 0.3) is 5.91 Å². The molecule has 0 radical (unpaired) electrons. The van der Waals surface area contributed by atoms with E-state index in [1.54, 1.807) is 41.9 Å². The molecule has 3 aromatic rings. The van der Waals surface area contributed by atoms with E-state index in [1.165, 1.54) is 11.3 Å². The summed E-state index contributed by atoms with van der Waals surface area (Å²) in [5.74, 6) is 0.522. The summed E-state index contributed by atoms with van der Waals surface area (Å²) in [5, 5.41) is 5.47. The molecule has 0 aliphatic rings. The van der Waals surface area contributed by atoms with Gasteiger partial charge in [-0.05, 0) is 55.0 Å². The standard InChI is InChI=1S/C18H15ClN2O2S/c1-12-8-14(19)4-7-17(12)21-18(22)13-2-5-16(6-3-13)23-9-15-10-24-11-20-15/h2-8,10-11H,9H2,1H3,(H,21,22). The lowest BCUT2D eigenvalue weighted by Gasteiger charge is -2.09. The van der Waals surface area contributed by atoms with Gasteiger partial charge in [0.05, 0.1) is 11.2 Å². The van der Waals surface area contributed by atoms with Crippen LogP contribution in [0.15, 0.2) is 53.4 Å². The molecule has 0 spiro atoms. The Kier molecular flexibility index (Phi) is 5.13. The second-order valence-corrected chi connectivity index (χ2v) is 6.36. The molecule has 2 aromatic carbocycles. The number of nitrogens with zero attached hydrogens (tertiary/aromatic N) is 1. The van der Waals surface area contributed by atoms with Crippen molar-refractivity contribution in [1.29, 1.82) is 0 Å². The highest BCUT2D eigenvalue weighted by molar-refractivity contribution is 7.07. The number of rotatable bonds is 5. The fourth-order valence-corrected chi connectivity index (χ4v) is 2.90. The van der Waals surface area contributed by atoms with E-state index < -0.39 is 0 Å². The number of halogens is 1. The first kappa shape index (κ1) is 16.5. The number of hydrogen-bond acceptors (Lipinski definition) is 4. The third kappa shape index (κ3) is 4.13. The van der Waals surface area contributed by atoms with Crippen LogP contribution in [0, 0.1) is 6.92 Å². The van der Waals surface area contributed by atoms with Gasteiger partial charge in [-0.3, -0.25) is 4.79 Å². The van der Waals surface area contributed by atoms with Gasteiger partial charge in [0, 0.05) is 21.7 Å². The average Bonchev–Trinajstić information content (AvgIpc) is 3.09. The topological polar surface area (TPSA) is 51.2 Å². The van der Waals surface area contributed by atoms with Crippen molar-refractivity contribution >= 4 is 34.5 Å². The number of thiazole rings is 1. The largest absolute Gasteiger partial charge is 0.487 e. The Morgan fingerprint density at radius 1 is 1.25 bits per heavy atom. The summed E-state index contributed by atoms with van der Waals surface area (Å²) in [6.07, 6.45) is 0. The minimum absolute atomic E-state index is 0.175. The summed E-state index contributed by atoms with van der Waals surface area (Å²) in [6, 6.07) is 12.4. The summed E-state index contributed by atoms with van der Waals surface area (Å²) < 4.78 is 5.63. The number of aromatic nitrogens is 1. The Morgan fingerprint density at radius 2 is 2.04 bits per heavy atom. The maximum atomic E-state index is 12.3. The Balaban J connectivity index is 1.63. The molecule has 1 heterocycles. The second-order valence-electron chi connectivity index (χ2n) is 5.21. The van der Waals surface area contributed by atoms with Crippen LogP contribution in [-0.4, -0.2) is 10.9 Å². The fraction of sp³-hybridized carbons (Fsp3) is 0.111. The number of carbonyl (C=O) groups is 1. The SMILES string of the molecule is Cc1cc(Cl)ccc1NC(=O)c1ccc(OCc2cscn2)cc1. The van der Waals surface area contributed by atoms with E-state index in [-0.39, 0.29) is 5.91 Å². The van der Waals surface area contributed by atoms with E-state index >= 15 is 0 Å². The smallest absolute Gasteiger partial charge is 0.255 e. The highest BCUT2D eigenvalue weighted by Crippen LogP contribution is 2.21. The summed E-state index contributed by atoms with van der Waals surface area (Å²) >= 11 is 7.46. The molecule has 6 heteroatoms. The van der Waals surface area contributed by atoms with Gasteiger partial charge in [-0.1, -0.05) is 11.6 Å². The number of amides is 1. The van der Waals surface area contributed by atoms with Gasteiger partial charge in [0.1, 0.15) is 12.4 Å². The van der Waals surface area contributed by atoms with Gasteiger partial charge in [-0.2, -0.15) is 0 Å². The molecule has 0 atom stereocenters. The predicted octanol–water partition coefficient (Wildman–Crippen LogP) is 4.94. The summed E-state index contributed by atoms with van der Waals surface area (Å²) in [5.41, 5.74) is 4.88. The van der Waals surface area contributed by atoms with Crippen molar-refractivity contribution in [2.75, 3.05) is 5.32 Å². The van der Waals surface area contributed by atoms with Crippen LogP contribution in [0.1, 0.15) is 21.6 Å². The third-order valence-corrected chi connectivity index (χ3v) is 4.29. The van der Waals surface area contributed by atoms with Crippen LogP contribution in [0.4, 0.5) is 5.69 Å². The van der Waals surface area contributed by atoms with Crippen molar-refractivity contribution in [3.63, 3.8) is 0 Å². The van der Waals surface area contributed by atoms with Crippen molar-refractivity contribution in [2.45, 2.75) is 13.5 Å². The molecule has 0 aliphatic heterocycles. The minimum Gasteiger partial charge on any atom is -0.487 e. The Bertz CT molecular complexity index is 833. The van der Waals surface area contributed by atoms with Crippen molar-refractivity contribution in [2.24, 2.45) is 0 Å². The van der Waals surface area contributed by atoms with Crippen LogP contribution in [0.2, 0.25) is 5.02 Å². The minimum atomic E-state index is -0.175. The highest BCUT2D eigenvalue weighted by Gasteiger charge is 2.08. The molecular formula is C18H15ClN2O2S. The molecule has 0 bridgehead atoms. The van der Waals surface area contributed by atoms with Gasteiger partial charge >= 0.3 is 0 Å². The number of ether oxygens (including phenoxy) is 1. The van der Waals surface area contributed by atoms with Crippen molar-refractivity contribution in [3.05, 3.63) is 75.2 Å². The first-order valence-corrected chi connectivity index (χ1v) is 8.61. The van der Waals surface area contributed by atoms with E-state index in [0.29, 0.717) is 22.9 Å². The number of hydrogen-bond donors (Lipinski definition) is 1. The molecule has 1 aromatic heterocycles. The van der Waals surface area contributed by atoms with Crippen LogP contribution in [0.5, 0.6) is 5.75 Å². The number of anilines is 1. The Morgan fingerprint density at radius 3 is 2.71 bits per heavy atom. The highest BCUT2D eigenvalue weighted by atomic mass is 35.5. The van der Waals surface area contributed by atoms with Crippen LogP contribution in [-0.2, 0) is 6.61 Å². The molecule has 0 saturated heterocycles. The second kappa shape index (κ2) is 7.47. The molecule has 0 aliphatic carbocycles. The van der Waals surface area contributed by atoms with Gasteiger partial charge < -0.3 is 10.1 Å². The van der Waals surface area contributed by atoms with Crippen LogP contribution < -0.4 is 10.1 Å². The molecular weight excluding hydrogens is 344 g/mol. The van der Waals surface area contributed by atoms with Gasteiger partial charge in [0.2, 0.25) is 0 Å². The van der Waals surface area contributed by atoms with Crippen molar-refractivity contribution in [1.82, 2.24) is 4.98 Å². The lowest BCUT2D eigenvalue weighted by atomic mass is 10.1.